The highest BCUT2D eigenvalue weighted by atomic mass is 32.2. The van der Waals surface area contributed by atoms with Crippen molar-refractivity contribution in [2.24, 2.45) is 0 Å². The lowest BCUT2D eigenvalue weighted by atomic mass is 9.90. The zero-order valence-corrected chi connectivity index (χ0v) is 14.5. The van der Waals surface area contributed by atoms with E-state index in [1.807, 2.05) is 0 Å². The van der Waals surface area contributed by atoms with Crippen molar-refractivity contribution in [1.29, 1.82) is 0 Å². The molecule has 0 saturated heterocycles. The van der Waals surface area contributed by atoms with Crippen LogP contribution in [0.25, 0.3) is 0 Å². The standard InChI is InChI=1S/C14H13F9O3S/c1-3-8-6-9(4-5-10(8)26-27-14(21,22)23)11(12(15,16)17,13(18,19)20)25-7-24-2/h4-6H,3,7H2,1-2H3. The lowest BCUT2D eigenvalue weighted by Gasteiger charge is -2.37. The van der Waals surface area contributed by atoms with Gasteiger partial charge in [-0.2, -0.15) is 39.5 Å². The second kappa shape index (κ2) is 8.35. The third-order valence-corrected chi connectivity index (χ3v) is 3.72. The van der Waals surface area contributed by atoms with Crippen molar-refractivity contribution >= 4 is 12.0 Å². The molecule has 0 heterocycles. The molecule has 0 aliphatic rings. The number of aryl methyl sites for hydroxylation is 1. The topological polar surface area (TPSA) is 27.7 Å². The first-order valence-electron chi connectivity index (χ1n) is 7.01. The van der Waals surface area contributed by atoms with Gasteiger partial charge in [-0.1, -0.05) is 13.0 Å². The van der Waals surface area contributed by atoms with Crippen LogP contribution in [-0.4, -0.2) is 31.8 Å². The molecule has 0 fully saturated rings. The second-order valence-electron chi connectivity index (χ2n) is 5.02. The van der Waals surface area contributed by atoms with E-state index in [1.165, 1.54) is 6.92 Å². The minimum Gasteiger partial charge on any atom is -0.417 e. The fraction of sp³-hybridized carbons (Fsp3) is 0.571. The molecule has 0 N–H and O–H groups in total. The molecular weight excluding hydrogens is 419 g/mol. The van der Waals surface area contributed by atoms with Crippen LogP contribution in [0, 0.1) is 0 Å². The number of hydrogen-bond acceptors (Lipinski definition) is 4. The molecule has 0 atom stereocenters. The van der Waals surface area contributed by atoms with Gasteiger partial charge in [0.2, 0.25) is 0 Å². The van der Waals surface area contributed by atoms with Gasteiger partial charge in [0.1, 0.15) is 12.5 Å². The quantitative estimate of drug-likeness (QED) is 0.312. The molecule has 27 heavy (non-hydrogen) atoms. The predicted octanol–water partition coefficient (Wildman–Crippen LogP) is 5.74. The molecule has 0 aliphatic heterocycles. The fourth-order valence-corrected chi connectivity index (χ4v) is 2.48. The first-order valence-corrected chi connectivity index (χ1v) is 7.76. The highest BCUT2D eigenvalue weighted by Crippen LogP contribution is 2.53. The Morgan fingerprint density at radius 1 is 0.926 bits per heavy atom. The molecule has 0 aliphatic carbocycles. The van der Waals surface area contributed by atoms with Crippen LogP contribution in [0.2, 0.25) is 0 Å². The van der Waals surface area contributed by atoms with Crippen molar-refractivity contribution in [2.45, 2.75) is 36.8 Å². The predicted molar refractivity (Wildman–Crippen MR) is 76.8 cm³/mol. The van der Waals surface area contributed by atoms with Crippen molar-refractivity contribution in [3.8, 4) is 5.75 Å². The summed E-state index contributed by atoms with van der Waals surface area (Å²) in [4.78, 5) is 0. The second-order valence-corrected chi connectivity index (χ2v) is 5.81. The van der Waals surface area contributed by atoms with Crippen LogP contribution in [-0.2, 0) is 21.5 Å². The molecule has 0 saturated carbocycles. The Morgan fingerprint density at radius 3 is 1.89 bits per heavy atom. The normalized spacial score (nSPS) is 13.7. The van der Waals surface area contributed by atoms with Crippen molar-refractivity contribution < 1.29 is 53.2 Å². The highest BCUT2D eigenvalue weighted by Gasteiger charge is 2.73. The van der Waals surface area contributed by atoms with E-state index in [-0.39, 0.29) is 12.0 Å². The molecule has 1 aromatic carbocycles. The average Bonchev–Trinajstić information content (AvgIpc) is 2.50. The number of ether oxygens (including phenoxy) is 2. The Kier molecular flexibility index (Phi) is 7.33. The molecule has 1 aromatic rings. The highest BCUT2D eigenvalue weighted by molar-refractivity contribution is 7.95. The lowest BCUT2D eigenvalue weighted by Crippen LogP contribution is -2.56. The Balaban J connectivity index is 3.50. The number of methoxy groups -OCH3 is 1. The van der Waals surface area contributed by atoms with E-state index >= 15 is 0 Å². The number of alkyl halides is 9. The van der Waals surface area contributed by atoms with Gasteiger partial charge in [-0.15, -0.1) is 0 Å². The van der Waals surface area contributed by atoms with Gasteiger partial charge < -0.3 is 13.7 Å². The largest absolute Gasteiger partial charge is 0.479 e. The summed E-state index contributed by atoms with van der Waals surface area (Å²) in [7, 11) is 0.834. The molecule has 0 radical (unpaired) electrons. The molecule has 0 unspecified atom stereocenters. The van der Waals surface area contributed by atoms with Gasteiger partial charge in [0.15, 0.2) is 12.0 Å². The Labute approximate surface area is 152 Å². The molecule has 0 aromatic heterocycles. The van der Waals surface area contributed by atoms with Gasteiger partial charge >= 0.3 is 17.9 Å². The van der Waals surface area contributed by atoms with E-state index in [2.05, 4.69) is 13.7 Å². The van der Waals surface area contributed by atoms with E-state index in [1.54, 1.807) is 0 Å². The third-order valence-electron chi connectivity index (χ3n) is 3.27. The van der Waals surface area contributed by atoms with E-state index in [0.29, 0.717) is 18.2 Å². The fourth-order valence-electron chi connectivity index (χ4n) is 2.13. The van der Waals surface area contributed by atoms with Crippen LogP contribution >= 0.6 is 12.0 Å². The maximum atomic E-state index is 13.4. The summed E-state index contributed by atoms with van der Waals surface area (Å²) >= 11 is -0.941. The summed E-state index contributed by atoms with van der Waals surface area (Å²) in [6, 6.07) is 1.39. The van der Waals surface area contributed by atoms with Gasteiger partial charge in [-0.05, 0) is 24.1 Å². The van der Waals surface area contributed by atoms with Crippen LogP contribution in [0.5, 0.6) is 5.75 Å². The molecule has 3 nitrogen and oxygen atoms in total. The van der Waals surface area contributed by atoms with Crippen molar-refractivity contribution in [1.82, 2.24) is 0 Å². The Bertz CT molecular complexity index is 612. The van der Waals surface area contributed by atoms with Crippen molar-refractivity contribution in [3.05, 3.63) is 29.3 Å². The van der Waals surface area contributed by atoms with Crippen LogP contribution in [0.1, 0.15) is 18.1 Å². The SMILES string of the molecule is CCc1cc(C(OCOC)(C(F)(F)F)C(F)(F)F)ccc1OSC(F)(F)F. The summed E-state index contributed by atoms with van der Waals surface area (Å²) in [5.41, 5.74) is -11.2. The van der Waals surface area contributed by atoms with Crippen LogP contribution in [0.4, 0.5) is 39.5 Å². The molecule has 0 amide bonds. The van der Waals surface area contributed by atoms with E-state index in [0.717, 1.165) is 7.11 Å². The number of benzene rings is 1. The summed E-state index contributed by atoms with van der Waals surface area (Å²) in [6.45, 7) is -0.00818. The van der Waals surface area contributed by atoms with Crippen LogP contribution in [0.15, 0.2) is 18.2 Å². The van der Waals surface area contributed by atoms with Crippen LogP contribution < -0.4 is 4.18 Å². The maximum Gasteiger partial charge on any atom is 0.479 e. The Morgan fingerprint density at radius 2 is 1.48 bits per heavy atom. The van der Waals surface area contributed by atoms with Gasteiger partial charge in [0.05, 0.1) is 0 Å². The zero-order chi connectivity index (χ0) is 21.1. The first-order chi connectivity index (χ1) is 12.2. The van der Waals surface area contributed by atoms with Gasteiger partial charge in [0, 0.05) is 12.7 Å². The molecule has 1 rings (SSSR count). The number of rotatable bonds is 7. The summed E-state index contributed by atoms with van der Waals surface area (Å²) in [5, 5.41) is 0. The zero-order valence-electron chi connectivity index (χ0n) is 13.7. The monoisotopic (exact) mass is 432 g/mol. The van der Waals surface area contributed by atoms with Crippen LogP contribution in [0.3, 0.4) is 0 Å². The maximum absolute atomic E-state index is 13.4. The molecule has 13 heteroatoms. The minimum absolute atomic E-state index is 0.197. The summed E-state index contributed by atoms with van der Waals surface area (Å²) < 4.78 is 130. The first kappa shape index (κ1) is 23.7. The van der Waals surface area contributed by atoms with E-state index in [4.69, 9.17) is 0 Å². The number of halogens is 9. The average molecular weight is 432 g/mol. The molecule has 0 spiro atoms. The number of hydrogen-bond donors (Lipinski definition) is 0. The summed E-state index contributed by atoms with van der Waals surface area (Å²) in [6.07, 6.45) is -12.1. The van der Waals surface area contributed by atoms with Crippen molar-refractivity contribution in [3.63, 3.8) is 0 Å². The Hall–Kier alpha value is -1.34. The van der Waals surface area contributed by atoms with Gasteiger partial charge in [-0.25, -0.2) is 0 Å². The summed E-state index contributed by atoms with van der Waals surface area (Å²) in [5.74, 6) is -0.520. The van der Waals surface area contributed by atoms with Crippen molar-refractivity contribution in [2.75, 3.05) is 13.9 Å². The molecular formula is C14H13F9O3S. The molecule has 156 valence electrons. The van der Waals surface area contributed by atoms with E-state index in [9.17, 15) is 39.5 Å². The third kappa shape index (κ3) is 5.35. The van der Waals surface area contributed by atoms with E-state index < -0.39 is 53.6 Å². The van der Waals surface area contributed by atoms with Gasteiger partial charge in [0.25, 0.3) is 5.60 Å². The minimum atomic E-state index is -5.93. The smallest absolute Gasteiger partial charge is 0.417 e. The lowest BCUT2D eigenvalue weighted by molar-refractivity contribution is -0.400. The molecule has 0 bridgehead atoms. The van der Waals surface area contributed by atoms with Gasteiger partial charge in [-0.3, -0.25) is 0 Å².